The van der Waals surface area contributed by atoms with Crippen molar-refractivity contribution in [2.24, 2.45) is 0 Å². The fourth-order valence-electron chi connectivity index (χ4n) is 2.63. The van der Waals surface area contributed by atoms with Crippen molar-refractivity contribution in [1.82, 2.24) is 10.2 Å². The van der Waals surface area contributed by atoms with E-state index in [1.165, 1.54) is 25.5 Å². The number of carboxylic acid groups (broad SMARTS) is 1. The Morgan fingerprint density at radius 1 is 1.40 bits per heavy atom. The maximum atomic E-state index is 10.3. The number of carboxylic acids is 1. The lowest BCUT2D eigenvalue weighted by Gasteiger charge is -2.34. The quantitative estimate of drug-likeness (QED) is 0.677. The zero-order valence-corrected chi connectivity index (χ0v) is 8.85. The molecule has 0 aliphatic carbocycles. The highest BCUT2D eigenvalue weighted by Gasteiger charge is 2.30. The summed E-state index contributed by atoms with van der Waals surface area (Å²) in [5.74, 6) is -0.888. The number of aliphatic carboxylic acids is 1. The predicted molar refractivity (Wildman–Crippen MR) is 57.5 cm³/mol. The minimum absolute atomic E-state index is 0.458. The second kappa shape index (κ2) is 4.66. The van der Waals surface area contributed by atoms with Crippen LogP contribution in [0.25, 0.3) is 0 Å². The molecule has 2 N–H and O–H groups in total. The Kier molecular flexibility index (Phi) is 3.26. The molecule has 0 spiro atoms. The molecule has 84 valence electrons. The van der Waals surface area contributed by atoms with Crippen LogP contribution in [0.3, 0.4) is 0 Å². The number of piperidine rings is 1. The highest BCUT2D eigenvalue weighted by atomic mass is 16.4. The van der Waals surface area contributed by atoms with Crippen LogP contribution >= 0.6 is 0 Å². The first kappa shape index (κ1) is 10.5. The van der Waals surface area contributed by atoms with E-state index in [1.807, 2.05) is 0 Å². The molecule has 2 fully saturated rings. The lowest BCUT2D eigenvalue weighted by Crippen LogP contribution is -2.44. The van der Waals surface area contributed by atoms with Crippen LogP contribution < -0.4 is 5.32 Å². The van der Waals surface area contributed by atoms with Gasteiger partial charge in [0.15, 0.2) is 0 Å². The normalized spacial score (nSPS) is 31.7. The van der Waals surface area contributed by atoms with Crippen LogP contribution in [0.2, 0.25) is 0 Å². The van der Waals surface area contributed by atoms with Gasteiger partial charge in [0.05, 0.1) is 0 Å². The molecule has 0 aromatic heterocycles. The van der Waals surface area contributed by atoms with Gasteiger partial charge in [-0.25, -0.2) is 4.79 Å². The average Bonchev–Trinajstić information content (AvgIpc) is 2.64. The van der Waals surface area contributed by atoms with Crippen molar-refractivity contribution in [1.29, 1.82) is 0 Å². The molecular weight excluding hydrogens is 192 g/mol. The number of rotatable bonds is 3. The first-order chi connectivity index (χ1) is 7.25. The molecule has 2 heterocycles. The van der Waals surface area contributed by atoms with E-state index in [-0.39, 0.29) is 0 Å². The van der Waals surface area contributed by atoms with E-state index in [1.54, 1.807) is 6.20 Å². The number of carbonyl (C=O) groups is 1. The van der Waals surface area contributed by atoms with Crippen LogP contribution in [0, 0.1) is 0 Å². The summed E-state index contributed by atoms with van der Waals surface area (Å²) in [4.78, 5) is 12.8. The molecule has 0 amide bonds. The number of nitrogens with zero attached hydrogens (tertiary/aromatic N) is 1. The number of hydrogen-bond acceptors (Lipinski definition) is 3. The maximum absolute atomic E-state index is 10.3. The largest absolute Gasteiger partial charge is 0.478 e. The average molecular weight is 210 g/mol. The van der Waals surface area contributed by atoms with Gasteiger partial charge in [-0.15, -0.1) is 0 Å². The van der Waals surface area contributed by atoms with Crippen LogP contribution in [0.1, 0.15) is 25.7 Å². The van der Waals surface area contributed by atoms with Gasteiger partial charge in [-0.1, -0.05) is 0 Å². The molecule has 4 heteroatoms. The summed E-state index contributed by atoms with van der Waals surface area (Å²) in [6, 6.07) is 1.19. The molecule has 2 aliphatic heterocycles. The monoisotopic (exact) mass is 210 g/mol. The Balaban J connectivity index is 1.78. The van der Waals surface area contributed by atoms with Crippen LogP contribution in [0.4, 0.5) is 0 Å². The third-order valence-electron chi connectivity index (χ3n) is 3.38. The molecule has 0 aromatic carbocycles. The van der Waals surface area contributed by atoms with Gasteiger partial charge in [-0.3, -0.25) is 0 Å². The van der Waals surface area contributed by atoms with Gasteiger partial charge in [0.2, 0.25) is 0 Å². The summed E-state index contributed by atoms with van der Waals surface area (Å²) >= 11 is 0. The van der Waals surface area contributed by atoms with Crippen LogP contribution in [-0.4, -0.2) is 41.1 Å². The van der Waals surface area contributed by atoms with Gasteiger partial charge in [-0.2, -0.15) is 0 Å². The van der Waals surface area contributed by atoms with Crippen LogP contribution in [0.15, 0.2) is 12.3 Å². The Labute approximate surface area is 90.0 Å². The van der Waals surface area contributed by atoms with E-state index in [0.717, 1.165) is 25.4 Å². The molecule has 0 saturated carbocycles. The highest BCUT2D eigenvalue weighted by molar-refractivity contribution is 5.79. The summed E-state index contributed by atoms with van der Waals surface area (Å²) in [6.45, 7) is 2.41. The van der Waals surface area contributed by atoms with E-state index in [4.69, 9.17) is 5.11 Å². The fourth-order valence-corrected chi connectivity index (χ4v) is 2.63. The Hall–Kier alpha value is -1.03. The molecule has 2 aliphatic rings. The number of hydrogen-bond donors (Lipinski definition) is 2. The van der Waals surface area contributed by atoms with Gasteiger partial charge in [0, 0.05) is 30.9 Å². The predicted octanol–water partition coefficient (Wildman–Crippen LogP) is 0.801. The molecule has 2 saturated heterocycles. The second-order valence-electron chi connectivity index (χ2n) is 4.39. The first-order valence-electron chi connectivity index (χ1n) is 5.65. The van der Waals surface area contributed by atoms with E-state index in [2.05, 4.69) is 10.2 Å². The maximum Gasteiger partial charge on any atom is 0.329 e. The van der Waals surface area contributed by atoms with Crippen molar-refractivity contribution < 1.29 is 9.90 Å². The van der Waals surface area contributed by atoms with Crippen molar-refractivity contribution in [3.63, 3.8) is 0 Å². The zero-order valence-electron chi connectivity index (χ0n) is 8.85. The van der Waals surface area contributed by atoms with E-state index in [0.29, 0.717) is 6.04 Å². The summed E-state index contributed by atoms with van der Waals surface area (Å²) in [5.41, 5.74) is 0. The molecule has 2 rings (SSSR count). The summed E-state index contributed by atoms with van der Waals surface area (Å²) in [6.07, 6.45) is 7.65. The zero-order chi connectivity index (χ0) is 10.7. The van der Waals surface area contributed by atoms with E-state index in [9.17, 15) is 4.79 Å². The third kappa shape index (κ3) is 2.72. The van der Waals surface area contributed by atoms with Crippen molar-refractivity contribution in [2.75, 3.05) is 13.1 Å². The minimum Gasteiger partial charge on any atom is -0.478 e. The SMILES string of the molecule is O=C(O)/C=C/NC1CCN2CCCC2C1. The summed E-state index contributed by atoms with van der Waals surface area (Å²) in [5, 5.41) is 11.6. The topological polar surface area (TPSA) is 52.6 Å². The Bertz CT molecular complexity index is 265. The molecule has 15 heavy (non-hydrogen) atoms. The van der Waals surface area contributed by atoms with E-state index >= 15 is 0 Å². The highest BCUT2D eigenvalue weighted by Crippen LogP contribution is 2.26. The van der Waals surface area contributed by atoms with E-state index < -0.39 is 5.97 Å². The molecule has 4 nitrogen and oxygen atoms in total. The van der Waals surface area contributed by atoms with Gasteiger partial charge in [-0.05, 0) is 32.2 Å². The Morgan fingerprint density at radius 2 is 2.27 bits per heavy atom. The lowest BCUT2D eigenvalue weighted by atomic mass is 9.98. The molecular formula is C11H18N2O2. The van der Waals surface area contributed by atoms with Gasteiger partial charge < -0.3 is 15.3 Å². The first-order valence-corrected chi connectivity index (χ1v) is 5.65. The fraction of sp³-hybridized carbons (Fsp3) is 0.727. The van der Waals surface area contributed by atoms with Gasteiger partial charge in [0.1, 0.15) is 0 Å². The van der Waals surface area contributed by atoms with Gasteiger partial charge in [0.25, 0.3) is 0 Å². The summed E-state index contributed by atoms with van der Waals surface area (Å²) < 4.78 is 0. The van der Waals surface area contributed by atoms with Crippen LogP contribution in [0.5, 0.6) is 0 Å². The van der Waals surface area contributed by atoms with Crippen molar-refractivity contribution in [3.05, 3.63) is 12.3 Å². The molecule has 0 aromatic rings. The number of nitrogens with one attached hydrogen (secondary N) is 1. The van der Waals surface area contributed by atoms with Crippen molar-refractivity contribution >= 4 is 5.97 Å². The molecule has 2 unspecified atom stereocenters. The lowest BCUT2D eigenvalue weighted by molar-refractivity contribution is -0.131. The standard InChI is InChI=1S/C11H18N2O2/c14-11(15)3-5-12-9-4-7-13-6-1-2-10(13)8-9/h3,5,9-10,12H,1-2,4,6-8H2,(H,14,15)/b5-3+. The second-order valence-corrected chi connectivity index (χ2v) is 4.39. The third-order valence-corrected chi connectivity index (χ3v) is 3.38. The molecule has 0 bridgehead atoms. The van der Waals surface area contributed by atoms with Crippen molar-refractivity contribution in [3.8, 4) is 0 Å². The molecule has 2 atom stereocenters. The van der Waals surface area contributed by atoms with Gasteiger partial charge >= 0.3 is 5.97 Å². The number of fused-ring (bicyclic) bond motifs is 1. The Morgan fingerprint density at radius 3 is 3.07 bits per heavy atom. The smallest absolute Gasteiger partial charge is 0.329 e. The minimum atomic E-state index is -0.888. The molecule has 0 radical (unpaired) electrons. The summed E-state index contributed by atoms with van der Waals surface area (Å²) in [7, 11) is 0. The van der Waals surface area contributed by atoms with Crippen molar-refractivity contribution in [2.45, 2.75) is 37.8 Å². The van der Waals surface area contributed by atoms with Crippen LogP contribution in [-0.2, 0) is 4.79 Å².